The van der Waals surface area contributed by atoms with Crippen LogP contribution in [0.15, 0.2) is 48.5 Å². The lowest BCUT2D eigenvalue weighted by atomic mass is 9.97. The van der Waals surface area contributed by atoms with Crippen molar-refractivity contribution in [2.24, 2.45) is 0 Å². The van der Waals surface area contributed by atoms with Gasteiger partial charge in [0.05, 0.1) is 24.3 Å². The van der Waals surface area contributed by atoms with Crippen LogP contribution < -0.4 is 10.6 Å². The molecule has 0 saturated heterocycles. The summed E-state index contributed by atoms with van der Waals surface area (Å²) in [5.74, 6) is -1.61. The number of ether oxygens (including phenoxy) is 1. The zero-order valence-corrected chi connectivity index (χ0v) is 13.0. The topological polar surface area (TPSA) is 84.5 Å². The number of carbonyl (C=O) groups is 3. The summed E-state index contributed by atoms with van der Waals surface area (Å²) in [7, 11) is 1.28. The summed E-state index contributed by atoms with van der Waals surface area (Å²) in [5.41, 5.74) is 2.17. The fourth-order valence-electron chi connectivity index (χ4n) is 2.75. The van der Waals surface area contributed by atoms with Gasteiger partial charge in [-0.15, -0.1) is 0 Å². The van der Waals surface area contributed by atoms with E-state index >= 15 is 0 Å². The molecular formula is C18H16N2O4. The lowest BCUT2D eigenvalue weighted by Gasteiger charge is -2.12. The first-order valence-electron chi connectivity index (χ1n) is 7.47. The van der Waals surface area contributed by atoms with Gasteiger partial charge >= 0.3 is 5.97 Å². The van der Waals surface area contributed by atoms with Crippen LogP contribution in [0.1, 0.15) is 28.3 Å². The Labute approximate surface area is 138 Å². The van der Waals surface area contributed by atoms with Gasteiger partial charge in [-0.25, -0.2) is 4.79 Å². The van der Waals surface area contributed by atoms with Crippen LogP contribution in [0.3, 0.4) is 0 Å². The van der Waals surface area contributed by atoms with Crippen molar-refractivity contribution >= 4 is 29.2 Å². The molecule has 1 unspecified atom stereocenters. The molecule has 3 rings (SSSR count). The number of esters is 1. The molecule has 122 valence electrons. The van der Waals surface area contributed by atoms with Crippen LogP contribution in [-0.4, -0.2) is 24.9 Å². The van der Waals surface area contributed by atoms with E-state index in [-0.39, 0.29) is 23.8 Å². The predicted octanol–water partition coefficient (Wildman–Crippen LogP) is 2.54. The van der Waals surface area contributed by atoms with Crippen LogP contribution in [0.2, 0.25) is 0 Å². The summed E-state index contributed by atoms with van der Waals surface area (Å²) >= 11 is 0. The first-order valence-corrected chi connectivity index (χ1v) is 7.47. The van der Waals surface area contributed by atoms with Crippen LogP contribution in [0.4, 0.5) is 11.4 Å². The van der Waals surface area contributed by atoms with E-state index in [0.29, 0.717) is 5.69 Å². The number of fused-ring (bicyclic) bond motifs is 1. The molecule has 1 aliphatic rings. The maximum absolute atomic E-state index is 12.3. The molecular weight excluding hydrogens is 308 g/mol. The van der Waals surface area contributed by atoms with Crippen molar-refractivity contribution in [3.63, 3.8) is 0 Å². The maximum Gasteiger partial charge on any atom is 0.339 e. The second kappa shape index (κ2) is 6.54. The molecule has 1 heterocycles. The van der Waals surface area contributed by atoms with E-state index < -0.39 is 11.9 Å². The van der Waals surface area contributed by atoms with Crippen molar-refractivity contribution in [1.82, 2.24) is 0 Å². The van der Waals surface area contributed by atoms with Gasteiger partial charge in [-0.2, -0.15) is 0 Å². The molecule has 0 aliphatic carbocycles. The number of hydrogen-bond donors (Lipinski definition) is 2. The molecule has 1 atom stereocenters. The zero-order chi connectivity index (χ0) is 17.1. The van der Waals surface area contributed by atoms with Crippen molar-refractivity contribution in [3.05, 3.63) is 59.7 Å². The van der Waals surface area contributed by atoms with E-state index in [2.05, 4.69) is 10.6 Å². The third-order valence-electron chi connectivity index (χ3n) is 3.91. The first kappa shape index (κ1) is 15.7. The van der Waals surface area contributed by atoms with Crippen LogP contribution in [0.5, 0.6) is 0 Å². The average Bonchev–Trinajstić information content (AvgIpc) is 2.90. The van der Waals surface area contributed by atoms with Gasteiger partial charge in [0, 0.05) is 12.1 Å². The second-order valence-corrected chi connectivity index (χ2v) is 5.42. The maximum atomic E-state index is 12.3. The quantitative estimate of drug-likeness (QED) is 0.847. The highest BCUT2D eigenvalue weighted by molar-refractivity contribution is 6.07. The number of anilines is 2. The minimum Gasteiger partial charge on any atom is -0.465 e. The Kier molecular flexibility index (Phi) is 4.29. The normalized spacial score (nSPS) is 15.4. The molecule has 2 aromatic rings. The van der Waals surface area contributed by atoms with Gasteiger partial charge in [-0.05, 0) is 23.8 Å². The second-order valence-electron chi connectivity index (χ2n) is 5.42. The van der Waals surface area contributed by atoms with E-state index in [9.17, 15) is 14.4 Å². The van der Waals surface area contributed by atoms with Crippen molar-refractivity contribution in [2.75, 3.05) is 17.7 Å². The smallest absolute Gasteiger partial charge is 0.339 e. The fourth-order valence-corrected chi connectivity index (χ4v) is 2.75. The molecule has 6 nitrogen and oxygen atoms in total. The summed E-state index contributed by atoms with van der Waals surface area (Å²) in [6.07, 6.45) is -0.00163. The van der Waals surface area contributed by atoms with Crippen molar-refractivity contribution in [2.45, 2.75) is 12.3 Å². The third kappa shape index (κ3) is 2.99. The van der Waals surface area contributed by atoms with Crippen molar-refractivity contribution in [3.8, 4) is 0 Å². The Morgan fingerprint density at radius 2 is 1.83 bits per heavy atom. The van der Waals surface area contributed by atoms with Crippen molar-refractivity contribution < 1.29 is 19.1 Å². The highest BCUT2D eigenvalue weighted by Gasteiger charge is 2.32. The summed E-state index contributed by atoms with van der Waals surface area (Å²) < 4.78 is 4.70. The number of carbonyl (C=O) groups excluding carboxylic acids is 3. The van der Waals surface area contributed by atoms with Crippen LogP contribution in [0.25, 0.3) is 0 Å². The van der Waals surface area contributed by atoms with E-state index in [1.54, 1.807) is 30.3 Å². The third-order valence-corrected chi connectivity index (χ3v) is 3.91. The Morgan fingerprint density at radius 3 is 2.62 bits per heavy atom. The van der Waals surface area contributed by atoms with Crippen LogP contribution >= 0.6 is 0 Å². The first-order chi connectivity index (χ1) is 11.6. The van der Waals surface area contributed by atoms with Gasteiger partial charge in [0.2, 0.25) is 11.8 Å². The molecule has 0 bridgehead atoms. The fraction of sp³-hybridized carbons (Fsp3) is 0.167. The van der Waals surface area contributed by atoms with E-state index in [4.69, 9.17) is 4.74 Å². The van der Waals surface area contributed by atoms with Crippen LogP contribution in [-0.2, 0) is 14.3 Å². The van der Waals surface area contributed by atoms with Gasteiger partial charge in [0.1, 0.15) is 0 Å². The molecule has 2 amide bonds. The lowest BCUT2D eigenvalue weighted by Crippen LogP contribution is -2.21. The molecule has 1 aliphatic heterocycles. The van der Waals surface area contributed by atoms with Crippen molar-refractivity contribution in [1.29, 1.82) is 0 Å². The zero-order valence-electron chi connectivity index (χ0n) is 13.0. The number of hydrogen-bond acceptors (Lipinski definition) is 4. The minimum absolute atomic E-state index is 0.00163. The summed E-state index contributed by atoms with van der Waals surface area (Å²) in [6.45, 7) is 0. The van der Waals surface area contributed by atoms with Crippen LogP contribution in [0, 0.1) is 0 Å². The Balaban J connectivity index is 1.76. The summed E-state index contributed by atoms with van der Waals surface area (Å²) in [4.78, 5) is 36.2. The molecule has 6 heteroatoms. The average molecular weight is 324 g/mol. The standard InChI is InChI=1S/C18H16N2O4/c1-24-18(23)12-7-3-5-9-15(12)19-16(21)10-13-11-6-2-4-8-14(11)20-17(13)22/h2-9,13H,10H2,1H3,(H,19,21)(H,20,22). The largest absolute Gasteiger partial charge is 0.465 e. The highest BCUT2D eigenvalue weighted by Crippen LogP contribution is 2.34. The number of para-hydroxylation sites is 2. The molecule has 2 aromatic carbocycles. The van der Waals surface area contributed by atoms with Gasteiger partial charge in [0.25, 0.3) is 0 Å². The molecule has 0 radical (unpaired) electrons. The Bertz CT molecular complexity index is 816. The summed E-state index contributed by atoms with van der Waals surface area (Å²) in [5, 5.41) is 5.45. The van der Waals surface area contributed by atoms with Gasteiger partial charge in [0.15, 0.2) is 0 Å². The minimum atomic E-state index is -0.536. The number of nitrogens with one attached hydrogen (secondary N) is 2. The monoisotopic (exact) mass is 324 g/mol. The molecule has 0 spiro atoms. The number of rotatable bonds is 4. The van der Waals surface area contributed by atoms with E-state index in [1.165, 1.54) is 7.11 Å². The number of benzene rings is 2. The SMILES string of the molecule is COC(=O)c1ccccc1NC(=O)CC1C(=O)Nc2ccccc21. The van der Waals surface area contributed by atoms with Gasteiger partial charge in [-0.1, -0.05) is 30.3 Å². The lowest BCUT2D eigenvalue weighted by molar-refractivity contribution is -0.122. The highest BCUT2D eigenvalue weighted by atomic mass is 16.5. The molecule has 0 fully saturated rings. The van der Waals surface area contributed by atoms with Gasteiger partial charge in [-0.3, -0.25) is 9.59 Å². The number of amides is 2. The Morgan fingerprint density at radius 1 is 1.12 bits per heavy atom. The molecule has 24 heavy (non-hydrogen) atoms. The van der Waals surface area contributed by atoms with Gasteiger partial charge < -0.3 is 15.4 Å². The Hall–Kier alpha value is -3.15. The molecule has 2 N–H and O–H groups in total. The van der Waals surface area contributed by atoms with E-state index in [0.717, 1.165) is 11.3 Å². The summed E-state index contributed by atoms with van der Waals surface area (Å²) in [6, 6.07) is 13.9. The van der Waals surface area contributed by atoms with E-state index in [1.807, 2.05) is 18.2 Å². The molecule has 0 saturated carbocycles. The molecule has 0 aromatic heterocycles. The number of methoxy groups -OCH3 is 1. The predicted molar refractivity (Wildman–Crippen MR) is 88.8 cm³/mol.